The number of aliphatic hydroxyl groups excluding tert-OH is 1. The van der Waals surface area contributed by atoms with Crippen LogP contribution in [0.1, 0.15) is 156 Å². The average Bonchev–Trinajstić information content (AvgIpc) is 1.15. The Morgan fingerprint density at radius 2 is 0.965 bits per heavy atom. The van der Waals surface area contributed by atoms with Crippen LogP contribution in [0.2, 0.25) is 0 Å². The summed E-state index contributed by atoms with van der Waals surface area (Å²) < 4.78 is -1.77. The van der Waals surface area contributed by atoms with Gasteiger partial charge >= 0.3 is 0 Å². The molecule has 24 heteroatoms. The molecule has 0 aromatic carbocycles. The van der Waals surface area contributed by atoms with E-state index in [4.69, 9.17) is 0 Å². The molecule has 5 N–H and O–H groups in total. The summed E-state index contributed by atoms with van der Waals surface area (Å²) in [6.07, 6.45) is 2.99. The zero-order chi connectivity index (χ0) is 66.9. The van der Waals surface area contributed by atoms with Gasteiger partial charge in [0, 0.05) is 49.3 Å². The number of likely N-dealkylation sites (N-methyl/N-ethyl adjacent to an activating group) is 7. The van der Waals surface area contributed by atoms with Crippen LogP contribution in [-0.2, 0) is 52.7 Å². The van der Waals surface area contributed by atoms with E-state index in [9.17, 15) is 43.5 Å². The summed E-state index contributed by atoms with van der Waals surface area (Å²) in [5.41, 5.74) is 0. The van der Waals surface area contributed by atoms with Crippen molar-refractivity contribution < 1.29 is 57.8 Å². The van der Waals surface area contributed by atoms with Crippen molar-refractivity contribution in [3.8, 4) is 0 Å². The molecule has 0 radical (unpaired) electrons. The van der Waals surface area contributed by atoms with E-state index in [1.165, 1.54) is 87.7 Å². The summed E-state index contributed by atoms with van der Waals surface area (Å²) in [5.74, 6) is -9.90. The maximum atomic E-state index is 15.4. The van der Waals surface area contributed by atoms with Crippen molar-refractivity contribution in [1.82, 2.24) is 55.6 Å². The topological polar surface area (TPSA) is 279 Å². The molecule has 11 amide bonds. The van der Waals surface area contributed by atoms with Crippen molar-refractivity contribution in [2.75, 3.05) is 55.9 Å². The lowest BCUT2D eigenvalue weighted by Gasteiger charge is -2.46. The molecule has 86 heavy (non-hydrogen) atoms. The predicted octanol–water partition coefficient (Wildman–Crippen LogP) is 4.03. The Kier molecular flexibility index (Phi) is 32.0. The van der Waals surface area contributed by atoms with Crippen LogP contribution in [0, 0.1) is 41.4 Å². The first-order valence-electron chi connectivity index (χ1n) is 30.6. The van der Waals surface area contributed by atoms with Gasteiger partial charge in [-0.3, -0.25) is 52.7 Å². The molecule has 1 heterocycles. The van der Waals surface area contributed by atoms with Crippen LogP contribution in [0.4, 0.5) is 0 Å². The molecular formula is C62H110IN11O12. The highest BCUT2D eigenvalue weighted by Crippen LogP contribution is 2.37. The first-order valence-corrected chi connectivity index (χ1v) is 31.7. The van der Waals surface area contributed by atoms with Gasteiger partial charge in [-0.25, -0.2) is 0 Å². The largest absolute Gasteiger partial charge is 0.390 e. The number of carbonyl (C=O) groups excluding carboxylic acids is 11. The van der Waals surface area contributed by atoms with E-state index < -0.39 is 153 Å². The van der Waals surface area contributed by atoms with E-state index in [2.05, 4.69) is 21.3 Å². The highest BCUT2D eigenvalue weighted by molar-refractivity contribution is 14.1. The summed E-state index contributed by atoms with van der Waals surface area (Å²) in [7, 11) is 9.92. The first-order chi connectivity index (χ1) is 39.6. The smallest absolute Gasteiger partial charge is 0.259 e. The van der Waals surface area contributed by atoms with E-state index in [0.29, 0.717) is 6.42 Å². The average molecular weight is 1330 g/mol. The number of aliphatic hydroxyl groups is 1. The van der Waals surface area contributed by atoms with Crippen LogP contribution in [0.5, 0.6) is 0 Å². The minimum atomic E-state index is -1.77. The maximum Gasteiger partial charge on any atom is 0.259 e. The molecule has 0 saturated carbocycles. The van der Waals surface area contributed by atoms with Crippen LogP contribution in [0.3, 0.4) is 0 Å². The van der Waals surface area contributed by atoms with Gasteiger partial charge in [-0.15, -0.1) is 0 Å². The number of carbonyl (C=O) groups is 11. The highest BCUT2D eigenvalue weighted by atomic mass is 127. The minimum Gasteiger partial charge on any atom is -0.390 e. The lowest BCUT2D eigenvalue weighted by atomic mass is 9.91. The van der Waals surface area contributed by atoms with E-state index in [1.807, 2.05) is 78.0 Å². The fourth-order valence-electron chi connectivity index (χ4n) is 10.6. The molecule has 0 aromatic heterocycles. The number of halogens is 1. The van der Waals surface area contributed by atoms with Crippen molar-refractivity contribution in [3.63, 3.8) is 0 Å². The Labute approximate surface area is 528 Å². The van der Waals surface area contributed by atoms with Crippen molar-refractivity contribution in [3.05, 3.63) is 12.2 Å². The van der Waals surface area contributed by atoms with Crippen molar-refractivity contribution in [1.29, 1.82) is 0 Å². The third kappa shape index (κ3) is 20.9. The summed E-state index contributed by atoms with van der Waals surface area (Å²) in [6, 6.07) is -11.2. The quantitative estimate of drug-likeness (QED) is 0.0673. The van der Waals surface area contributed by atoms with Crippen LogP contribution in [-0.4, -0.2) is 224 Å². The van der Waals surface area contributed by atoms with Gasteiger partial charge in [0.05, 0.1) is 12.6 Å². The molecule has 0 spiro atoms. The number of rotatable bonds is 15. The van der Waals surface area contributed by atoms with Gasteiger partial charge in [0.25, 0.3) is 5.91 Å². The second-order valence-electron chi connectivity index (χ2n) is 26.1. The van der Waals surface area contributed by atoms with Crippen molar-refractivity contribution in [2.24, 2.45) is 41.4 Å². The highest BCUT2D eigenvalue weighted by Gasteiger charge is 2.52. The minimum absolute atomic E-state index is 0.0165. The zero-order valence-electron chi connectivity index (χ0n) is 56.4. The lowest BCUT2D eigenvalue weighted by Crippen LogP contribution is -2.66. The number of hydrogen-bond acceptors (Lipinski definition) is 12. The van der Waals surface area contributed by atoms with Crippen molar-refractivity contribution in [2.45, 2.75) is 220 Å². The second-order valence-corrected chi connectivity index (χ2v) is 27.8. The number of alkyl halides is 1. The molecule has 0 aliphatic carbocycles. The number of hydrogen-bond donors (Lipinski definition) is 5. The van der Waals surface area contributed by atoms with Gasteiger partial charge in [-0.1, -0.05) is 109 Å². The predicted molar refractivity (Wildman–Crippen MR) is 341 cm³/mol. The zero-order valence-corrected chi connectivity index (χ0v) is 58.5. The van der Waals surface area contributed by atoms with Gasteiger partial charge in [0.2, 0.25) is 59.1 Å². The molecule has 492 valence electrons. The van der Waals surface area contributed by atoms with Gasteiger partial charge < -0.3 is 60.7 Å². The third-order valence-corrected chi connectivity index (χ3v) is 18.7. The fourth-order valence-corrected chi connectivity index (χ4v) is 11.2. The molecule has 12 atom stereocenters. The molecule has 1 rings (SSSR count). The van der Waals surface area contributed by atoms with Crippen LogP contribution in [0.15, 0.2) is 12.2 Å². The number of amides is 11. The van der Waals surface area contributed by atoms with E-state index in [-0.39, 0.29) is 55.8 Å². The fraction of sp³-hybridized carbons (Fsp3) is 0.790. The number of allylic oxidation sites excluding steroid dienone is 2. The second kappa shape index (κ2) is 35.0. The summed E-state index contributed by atoms with van der Waals surface area (Å²) in [5, 5.41) is 23.2. The monoisotopic (exact) mass is 1330 g/mol. The standard InChI is InChI=1S/C62H110IN11O12/c1-25-27-28-40(15)51(76)50-55(80)66-43(26-2)57(82)68(18)33-48(75)69(19)44(29-34(3)4)54(79)67-49(38(11)12)60(85)70(20)45(30-35(5)6)53(78)64-41(16)52(77)65-42(17)56(81)71(21)46(31-36(7)8)58(83)72(22)47(32-37(9)10)59(84)74(24)62(63,39(13)14)61(86)73(50)23/h25,27,34-47,49-51,76H,26,28-33H2,1-24H3,(H,64,78)(H,65,77)(H,66,80)(H,67,79)/b27-25+/t40-,41+,42-,43+,44+,45+,46+,47+,49+,50+,51-,62-/m1/s1. The molecule has 0 bridgehead atoms. The van der Waals surface area contributed by atoms with E-state index in [0.717, 1.165) is 9.80 Å². The molecule has 1 aliphatic heterocycles. The molecular weight excluding hydrogens is 1220 g/mol. The van der Waals surface area contributed by atoms with Gasteiger partial charge in [-0.2, -0.15) is 0 Å². The van der Waals surface area contributed by atoms with Gasteiger partial charge in [0.15, 0.2) is 3.55 Å². The normalized spacial score (nSPS) is 27.6. The number of nitrogens with zero attached hydrogens (tertiary/aromatic N) is 7. The van der Waals surface area contributed by atoms with Crippen LogP contribution in [0.25, 0.3) is 0 Å². The molecule has 1 saturated heterocycles. The van der Waals surface area contributed by atoms with E-state index >= 15 is 14.4 Å². The van der Waals surface area contributed by atoms with Crippen LogP contribution >= 0.6 is 22.6 Å². The van der Waals surface area contributed by atoms with Crippen LogP contribution < -0.4 is 21.3 Å². The molecule has 0 unspecified atom stereocenters. The maximum absolute atomic E-state index is 15.4. The molecule has 1 fully saturated rings. The number of nitrogens with one attached hydrogen (secondary N) is 4. The SMILES string of the molecule is C/C=C/C[C@@H](C)[C@@H](O)[C@H]1C(=O)N[C@@H](CC)C(=O)N(C)CC(=O)N(C)[C@@H](CC(C)C)C(=O)N[C@@H](C(C)C)C(=O)N(C)[C@@H](CC(C)C)C(=O)N[C@@H](C)C(=O)N[C@H](C)C(=O)N(C)[C@@H](CC(C)C)C(=O)N(C)[C@@H](CC(C)C)C(=O)N(C)[C@](I)(C(C)C)C(=O)N1C. The Morgan fingerprint density at radius 1 is 0.535 bits per heavy atom. The lowest BCUT2D eigenvalue weighted by molar-refractivity contribution is -0.158. The molecule has 1 aliphatic rings. The summed E-state index contributed by atoms with van der Waals surface area (Å²) in [6.45, 7) is 29.3. The Bertz CT molecular complexity index is 2390. The summed E-state index contributed by atoms with van der Waals surface area (Å²) >= 11 is 1.89. The molecule has 23 nitrogen and oxygen atoms in total. The first kappa shape index (κ1) is 78.6. The van der Waals surface area contributed by atoms with Crippen molar-refractivity contribution >= 4 is 87.6 Å². The Balaban J connectivity index is 4.38. The molecule has 0 aromatic rings. The van der Waals surface area contributed by atoms with E-state index in [1.54, 1.807) is 60.6 Å². The Morgan fingerprint density at radius 3 is 1.42 bits per heavy atom. The summed E-state index contributed by atoms with van der Waals surface area (Å²) in [4.78, 5) is 169. The Hall–Kier alpha value is -5.40. The third-order valence-electron chi connectivity index (χ3n) is 16.3. The van der Waals surface area contributed by atoms with Gasteiger partial charge in [0.1, 0.15) is 54.4 Å². The van der Waals surface area contributed by atoms with Gasteiger partial charge in [-0.05, 0) is 123 Å².